The van der Waals surface area contributed by atoms with Gasteiger partial charge < -0.3 is 14.5 Å². The lowest BCUT2D eigenvalue weighted by atomic mass is 9.96. The van der Waals surface area contributed by atoms with Gasteiger partial charge in [-0.25, -0.2) is 4.79 Å². The Balaban J connectivity index is 1.81. The van der Waals surface area contributed by atoms with Crippen LogP contribution >= 0.6 is 0 Å². The maximum atomic E-state index is 12.8. The molecule has 3 rings (SSSR count). The third-order valence-corrected chi connectivity index (χ3v) is 4.34. The first-order chi connectivity index (χ1) is 12.2. The lowest BCUT2D eigenvalue weighted by Crippen LogP contribution is -2.59. The lowest BCUT2D eigenvalue weighted by molar-refractivity contribution is -0.128. The second-order valence-electron chi connectivity index (χ2n) is 6.66. The number of hydrogen-bond donors (Lipinski definition) is 1. The van der Waals surface area contributed by atoms with Crippen LogP contribution in [0.1, 0.15) is 35.7 Å². The maximum absolute atomic E-state index is 12.8. The van der Waals surface area contributed by atoms with E-state index in [1.807, 2.05) is 0 Å². The van der Waals surface area contributed by atoms with E-state index in [0.717, 1.165) is 0 Å². The molecule has 0 spiro atoms. The van der Waals surface area contributed by atoms with E-state index in [1.165, 1.54) is 4.90 Å². The molecule has 1 aliphatic rings. The number of nitrogens with one attached hydrogen (secondary N) is 1. The van der Waals surface area contributed by atoms with Crippen molar-refractivity contribution in [1.29, 1.82) is 0 Å². The predicted molar refractivity (Wildman–Crippen MR) is 95.1 cm³/mol. The predicted octanol–water partition coefficient (Wildman–Crippen LogP) is 2.82. The van der Waals surface area contributed by atoms with E-state index in [9.17, 15) is 14.4 Å². The summed E-state index contributed by atoms with van der Waals surface area (Å²) in [5.74, 6) is -0.410. The number of carbonyl (C=O) groups is 3. The SMILES string of the molecule is Cc1cc(C(=O)OCC(=O)N2c3ccccc3NC(=O)C2(C)C)c(C)o1. The Bertz CT molecular complexity index is 897. The van der Waals surface area contributed by atoms with Crippen LogP contribution in [0, 0.1) is 13.8 Å². The van der Waals surface area contributed by atoms with Crippen LogP contribution in [0.2, 0.25) is 0 Å². The zero-order valence-electron chi connectivity index (χ0n) is 15.1. The summed E-state index contributed by atoms with van der Waals surface area (Å²) in [6.45, 7) is 6.18. The molecule has 0 fully saturated rings. The number of amides is 2. The fourth-order valence-electron chi connectivity index (χ4n) is 3.00. The molecule has 0 atom stereocenters. The molecule has 2 heterocycles. The fourth-order valence-corrected chi connectivity index (χ4v) is 3.00. The Hall–Kier alpha value is -3.09. The minimum atomic E-state index is -1.11. The molecule has 2 amide bonds. The summed E-state index contributed by atoms with van der Waals surface area (Å²) in [7, 11) is 0. The summed E-state index contributed by atoms with van der Waals surface area (Å²) in [6, 6.07) is 8.56. The van der Waals surface area contributed by atoms with Crippen molar-refractivity contribution in [2.24, 2.45) is 0 Å². The van der Waals surface area contributed by atoms with Gasteiger partial charge in [-0.05, 0) is 45.9 Å². The summed E-state index contributed by atoms with van der Waals surface area (Å²) >= 11 is 0. The van der Waals surface area contributed by atoms with Gasteiger partial charge in [0, 0.05) is 0 Å². The Morgan fingerprint density at radius 3 is 2.58 bits per heavy atom. The second-order valence-corrected chi connectivity index (χ2v) is 6.66. The topological polar surface area (TPSA) is 88.9 Å². The van der Waals surface area contributed by atoms with Gasteiger partial charge in [-0.2, -0.15) is 0 Å². The van der Waals surface area contributed by atoms with E-state index in [0.29, 0.717) is 22.9 Å². The van der Waals surface area contributed by atoms with Crippen LogP contribution in [0.25, 0.3) is 0 Å². The number of ether oxygens (including phenoxy) is 1. The van der Waals surface area contributed by atoms with Crippen LogP contribution in [0.4, 0.5) is 11.4 Å². The largest absolute Gasteiger partial charge is 0.466 e. The van der Waals surface area contributed by atoms with Crippen LogP contribution in [0.3, 0.4) is 0 Å². The van der Waals surface area contributed by atoms with E-state index in [4.69, 9.17) is 9.15 Å². The van der Waals surface area contributed by atoms with Crippen molar-refractivity contribution < 1.29 is 23.5 Å². The minimum absolute atomic E-state index is 0.284. The summed E-state index contributed by atoms with van der Waals surface area (Å²) in [5, 5.41) is 2.78. The van der Waals surface area contributed by atoms with Crippen molar-refractivity contribution in [3.63, 3.8) is 0 Å². The summed E-state index contributed by atoms with van der Waals surface area (Å²) in [5.41, 5.74) is 0.276. The Labute approximate surface area is 150 Å². The van der Waals surface area contributed by atoms with E-state index in [2.05, 4.69) is 5.32 Å². The number of para-hydroxylation sites is 2. The first-order valence-electron chi connectivity index (χ1n) is 8.19. The monoisotopic (exact) mass is 356 g/mol. The highest BCUT2D eigenvalue weighted by Crippen LogP contribution is 2.36. The maximum Gasteiger partial charge on any atom is 0.342 e. The van der Waals surface area contributed by atoms with Gasteiger partial charge >= 0.3 is 5.97 Å². The number of benzene rings is 1. The van der Waals surface area contributed by atoms with Gasteiger partial charge in [-0.3, -0.25) is 14.5 Å². The molecule has 1 aromatic heterocycles. The first kappa shape index (κ1) is 17.7. The number of carbonyl (C=O) groups excluding carboxylic acids is 3. The Kier molecular flexibility index (Phi) is 4.31. The summed E-state index contributed by atoms with van der Waals surface area (Å²) < 4.78 is 10.5. The van der Waals surface area contributed by atoms with Crippen LogP contribution in [-0.2, 0) is 14.3 Å². The molecule has 1 aliphatic heterocycles. The zero-order valence-corrected chi connectivity index (χ0v) is 15.1. The van der Waals surface area contributed by atoms with Crippen molar-refractivity contribution in [2.45, 2.75) is 33.2 Å². The van der Waals surface area contributed by atoms with Crippen molar-refractivity contribution in [3.05, 3.63) is 47.4 Å². The third-order valence-electron chi connectivity index (χ3n) is 4.34. The molecule has 26 heavy (non-hydrogen) atoms. The summed E-state index contributed by atoms with van der Waals surface area (Å²) in [6.07, 6.45) is 0. The molecule has 7 nitrogen and oxygen atoms in total. The van der Waals surface area contributed by atoms with Crippen molar-refractivity contribution in [3.8, 4) is 0 Å². The molecule has 0 aliphatic carbocycles. The lowest BCUT2D eigenvalue weighted by Gasteiger charge is -2.41. The molecule has 1 aromatic carbocycles. The van der Waals surface area contributed by atoms with Gasteiger partial charge in [0.05, 0.1) is 11.4 Å². The van der Waals surface area contributed by atoms with Crippen molar-refractivity contribution in [2.75, 3.05) is 16.8 Å². The molecule has 0 saturated carbocycles. The van der Waals surface area contributed by atoms with Crippen LogP contribution in [0.15, 0.2) is 34.7 Å². The molecule has 1 N–H and O–H groups in total. The average molecular weight is 356 g/mol. The van der Waals surface area contributed by atoms with Gasteiger partial charge in [-0.1, -0.05) is 12.1 Å². The molecule has 0 saturated heterocycles. The van der Waals surface area contributed by atoms with E-state index >= 15 is 0 Å². The molecule has 136 valence electrons. The standard InChI is InChI=1S/C19H20N2O5/c1-11-9-13(12(2)26-11)17(23)25-10-16(22)21-15-8-6-5-7-14(15)20-18(24)19(21,3)4/h5-9H,10H2,1-4H3,(H,20,24). The molecule has 0 radical (unpaired) electrons. The van der Waals surface area contributed by atoms with Gasteiger partial charge in [0.25, 0.3) is 5.91 Å². The van der Waals surface area contributed by atoms with Crippen molar-refractivity contribution >= 4 is 29.2 Å². The fraction of sp³-hybridized carbons (Fsp3) is 0.316. The Morgan fingerprint density at radius 1 is 1.23 bits per heavy atom. The number of anilines is 2. The number of rotatable bonds is 3. The molecular weight excluding hydrogens is 336 g/mol. The number of furan rings is 1. The van der Waals surface area contributed by atoms with Crippen molar-refractivity contribution in [1.82, 2.24) is 0 Å². The first-order valence-corrected chi connectivity index (χ1v) is 8.19. The number of aryl methyl sites for hydroxylation is 2. The molecule has 0 bridgehead atoms. The highest BCUT2D eigenvalue weighted by molar-refractivity contribution is 6.14. The molecular formula is C19H20N2O5. The molecule has 2 aromatic rings. The van der Waals surface area contributed by atoms with E-state index in [1.54, 1.807) is 58.0 Å². The summed E-state index contributed by atoms with van der Waals surface area (Å²) in [4.78, 5) is 38.7. The number of nitrogens with zero attached hydrogens (tertiary/aromatic N) is 1. The normalized spacial score (nSPS) is 15.2. The third kappa shape index (κ3) is 2.96. The number of hydrogen-bond acceptors (Lipinski definition) is 5. The smallest absolute Gasteiger partial charge is 0.342 e. The molecule has 7 heteroatoms. The van der Waals surface area contributed by atoms with Gasteiger partial charge in [0.1, 0.15) is 22.6 Å². The molecule has 0 unspecified atom stereocenters. The van der Waals surface area contributed by atoms with Crippen LogP contribution in [-0.4, -0.2) is 29.9 Å². The van der Waals surface area contributed by atoms with Crippen LogP contribution in [0.5, 0.6) is 0 Å². The van der Waals surface area contributed by atoms with Crippen LogP contribution < -0.4 is 10.2 Å². The average Bonchev–Trinajstić information content (AvgIpc) is 2.92. The second kappa shape index (κ2) is 6.33. The minimum Gasteiger partial charge on any atom is -0.466 e. The van der Waals surface area contributed by atoms with Gasteiger partial charge in [0.15, 0.2) is 6.61 Å². The van der Waals surface area contributed by atoms with E-state index in [-0.39, 0.29) is 11.5 Å². The Morgan fingerprint density at radius 2 is 1.92 bits per heavy atom. The highest BCUT2D eigenvalue weighted by atomic mass is 16.5. The van der Waals surface area contributed by atoms with E-state index < -0.39 is 24.0 Å². The van der Waals surface area contributed by atoms with Gasteiger partial charge in [0.2, 0.25) is 5.91 Å². The quantitative estimate of drug-likeness (QED) is 0.854. The zero-order chi connectivity index (χ0) is 19.1. The number of fused-ring (bicyclic) bond motifs is 1. The number of esters is 1. The van der Waals surface area contributed by atoms with Gasteiger partial charge in [-0.15, -0.1) is 0 Å². The highest BCUT2D eigenvalue weighted by Gasteiger charge is 2.43.